The minimum atomic E-state index is -0.283. The Bertz CT molecular complexity index is 760. The van der Waals surface area contributed by atoms with Crippen LogP contribution in [0.2, 0.25) is 0 Å². The predicted octanol–water partition coefficient (Wildman–Crippen LogP) is 2.86. The lowest BCUT2D eigenvalue weighted by Crippen LogP contribution is -2.34. The number of likely N-dealkylation sites (tertiary alicyclic amines) is 1. The van der Waals surface area contributed by atoms with Crippen LogP contribution in [0.1, 0.15) is 29.4 Å². The van der Waals surface area contributed by atoms with Gasteiger partial charge in [0.1, 0.15) is 0 Å². The summed E-state index contributed by atoms with van der Waals surface area (Å²) in [5.74, 6) is -0.283. The average molecular weight is 327 g/mol. The van der Waals surface area contributed by atoms with Gasteiger partial charge in [-0.3, -0.25) is 4.98 Å². The van der Waals surface area contributed by atoms with Gasteiger partial charge in [0.05, 0.1) is 17.7 Å². The normalized spacial score (nSPS) is 18.1. The number of anilines is 1. The summed E-state index contributed by atoms with van der Waals surface area (Å²) in [6.07, 6.45) is 1.15. The summed E-state index contributed by atoms with van der Waals surface area (Å²) in [5, 5.41) is 1.00. The molecule has 0 amide bonds. The van der Waals surface area contributed by atoms with Crippen molar-refractivity contribution in [2.24, 2.45) is 0 Å². The molecule has 24 heavy (non-hydrogen) atoms. The molecule has 1 saturated heterocycles. The number of carbonyl (C=O) groups is 1. The van der Waals surface area contributed by atoms with Crippen molar-refractivity contribution in [1.29, 1.82) is 0 Å². The third-order valence-electron chi connectivity index (χ3n) is 4.72. The first-order valence-electron chi connectivity index (χ1n) is 8.49. The van der Waals surface area contributed by atoms with Gasteiger partial charge in [0.25, 0.3) is 0 Å². The molecule has 5 nitrogen and oxygen atoms in total. The van der Waals surface area contributed by atoms with E-state index in [0.29, 0.717) is 18.2 Å². The number of aromatic nitrogens is 1. The molecule has 0 radical (unpaired) electrons. The zero-order chi connectivity index (χ0) is 17.3. The number of benzene rings is 1. The summed E-state index contributed by atoms with van der Waals surface area (Å²) in [7, 11) is 4.29. The smallest absolute Gasteiger partial charge is 0.338 e. The van der Waals surface area contributed by atoms with Crippen LogP contribution in [0.15, 0.2) is 24.3 Å². The molecule has 5 heteroatoms. The summed E-state index contributed by atoms with van der Waals surface area (Å²) < 4.78 is 5.14. The first-order chi connectivity index (χ1) is 11.5. The summed E-state index contributed by atoms with van der Waals surface area (Å²) >= 11 is 0. The van der Waals surface area contributed by atoms with E-state index in [2.05, 4.69) is 34.9 Å². The number of esters is 1. The van der Waals surface area contributed by atoms with E-state index in [9.17, 15) is 4.79 Å². The topological polar surface area (TPSA) is 45.7 Å². The zero-order valence-electron chi connectivity index (χ0n) is 14.9. The fourth-order valence-electron chi connectivity index (χ4n) is 3.39. The number of ether oxygens (including phenoxy) is 1. The molecule has 1 atom stereocenters. The van der Waals surface area contributed by atoms with Crippen LogP contribution in [0, 0.1) is 6.92 Å². The first kappa shape index (κ1) is 16.7. The molecule has 128 valence electrons. The largest absolute Gasteiger partial charge is 0.462 e. The monoisotopic (exact) mass is 327 g/mol. The molecule has 0 spiro atoms. The second kappa shape index (κ2) is 6.77. The minimum Gasteiger partial charge on any atom is -0.462 e. The van der Waals surface area contributed by atoms with Gasteiger partial charge in [-0.1, -0.05) is 0 Å². The van der Waals surface area contributed by atoms with Gasteiger partial charge in [0.2, 0.25) is 0 Å². The molecule has 1 aliphatic rings. The molecule has 3 rings (SSSR count). The molecular weight excluding hydrogens is 302 g/mol. The Labute approximate surface area is 143 Å². The van der Waals surface area contributed by atoms with E-state index in [0.717, 1.165) is 41.8 Å². The number of likely N-dealkylation sites (N-methyl/N-ethyl adjacent to an activating group) is 2. The predicted molar refractivity (Wildman–Crippen MR) is 96.7 cm³/mol. The van der Waals surface area contributed by atoms with Crippen LogP contribution >= 0.6 is 0 Å². The van der Waals surface area contributed by atoms with E-state index in [4.69, 9.17) is 4.74 Å². The lowest BCUT2D eigenvalue weighted by atomic mass is 10.1. The zero-order valence-corrected chi connectivity index (χ0v) is 14.9. The number of pyridine rings is 1. The molecule has 1 aromatic carbocycles. The highest BCUT2D eigenvalue weighted by Crippen LogP contribution is 2.30. The maximum absolute atomic E-state index is 12.1. The summed E-state index contributed by atoms with van der Waals surface area (Å²) in [6.45, 7) is 6.38. The fraction of sp³-hybridized carbons (Fsp3) is 0.474. The number of hydrogen-bond donors (Lipinski definition) is 0. The molecule has 1 unspecified atom stereocenters. The van der Waals surface area contributed by atoms with Crippen LogP contribution in [0.25, 0.3) is 10.9 Å². The van der Waals surface area contributed by atoms with Crippen molar-refractivity contribution in [3.05, 3.63) is 35.5 Å². The SMILES string of the molecule is CCOC(=O)c1ccc2nc(C)cc(N(C)C3CCN(C)C3)c2c1. The van der Waals surface area contributed by atoms with Crippen molar-refractivity contribution in [2.45, 2.75) is 26.3 Å². The van der Waals surface area contributed by atoms with Crippen LogP contribution in [-0.2, 0) is 4.74 Å². The van der Waals surface area contributed by atoms with Crippen molar-refractivity contribution in [3.8, 4) is 0 Å². The van der Waals surface area contributed by atoms with E-state index in [-0.39, 0.29) is 5.97 Å². The second-order valence-electron chi connectivity index (χ2n) is 6.55. The lowest BCUT2D eigenvalue weighted by molar-refractivity contribution is 0.0526. The van der Waals surface area contributed by atoms with E-state index in [1.54, 1.807) is 6.07 Å². The first-order valence-corrected chi connectivity index (χ1v) is 8.49. The van der Waals surface area contributed by atoms with Crippen molar-refractivity contribution in [3.63, 3.8) is 0 Å². The molecule has 0 N–H and O–H groups in total. The Kier molecular flexibility index (Phi) is 4.71. The van der Waals surface area contributed by atoms with Gasteiger partial charge in [0, 0.05) is 36.4 Å². The highest BCUT2D eigenvalue weighted by Gasteiger charge is 2.25. The van der Waals surface area contributed by atoms with E-state index in [1.165, 1.54) is 0 Å². The molecule has 1 aromatic heterocycles. The Morgan fingerprint density at radius 1 is 1.42 bits per heavy atom. The highest BCUT2D eigenvalue weighted by atomic mass is 16.5. The number of aryl methyl sites for hydroxylation is 1. The van der Waals surface area contributed by atoms with E-state index >= 15 is 0 Å². The second-order valence-corrected chi connectivity index (χ2v) is 6.55. The standard InChI is InChI=1S/C19H25N3O2/c1-5-24-19(23)14-6-7-17-16(11-14)18(10-13(2)20-17)22(4)15-8-9-21(3)12-15/h6-7,10-11,15H,5,8-9,12H2,1-4H3. The van der Waals surface area contributed by atoms with Crippen LogP contribution < -0.4 is 4.90 Å². The van der Waals surface area contributed by atoms with Crippen molar-refractivity contribution in [1.82, 2.24) is 9.88 Å². The molecule has 0 aliphatic carbocycles. The molecule has 2 heterocycles. The maximum Gasteiger partial charge on any atom is 0.338 e. The third kappa shape index (κ3) is 3.22. The quantitative estimate of drug-likeness (QED) is 0.808. The molecule has 2 aromatic rings. The van der Waals surface area contributed by atoms with Gasteiger partial charge in [-0.05, 0) is 58.1 Å². The summed E-state index contributed by atoms with van der Waals surface area (Å²) in [6, 6.07) is 8.19. The number of fused-ring (bicyclic) bond motifs is 1. The average Bonchev–Trinajstić information content (AvgIpc) is 2.99. The highest BCUT2D eigenvalue weighted by molar-refractivity contribution is 5.99. The number of rotatable bonds is 4. The molecule has 1 aliphatic heterocycles. The van der Waals surface area contributed by atoms with Gasteiger partial charge in [0.15, 0.2) is 0 Å². The van der Waals surface area contributed by atoms with E-state index in [1.807, 2.05) is 26.0 Å². The third-order valence-corrected chi connectivity index (χ3v) is 4.72. The van der Waals surface area contributed by atoms with Crippen LogP contribution in [0.5, 0.6) is 0 Å². The summed E-state index contributed by atoms with van der Waals surface area (Å²) in [4.78, 5) is 21.4. The van der Waals surface area contributed by atoms with Gasteiger partial charge in [-0.25, -0.2) is 4.79 Å². The fourth-order valence-corrected chi connectivity index (χ4v) is 3.39. The number of nitrogens with zero attached hydrogens (tertiary/aromatic N) is 3. The molecule has 0 bridgehead atoms. The van der Waals surface area contributed by atoms with Crippen molar-refractivity contribution in [2.75, 3.05) is 38.7 Å². The van der Waals surface area contributed by atoms with E-state index < -0.39 is 0 Å². The van der Waals surface area contributed by atoms with Crippen molar-refractivity contribution < 1.29 is 9.53 Å². The van der Waals surface area contributed by atoms with Gasteiger partial charge >= 0.3 is 5.97 Å². The Morgan fingerprint density at radius 2 is 2.21 bits per heavy atom. The molecule has 0 saturated carbocycles. The summed E-state index contributed by atoms with van der Waals surface area (Å²) in [5.41, 5.74) is 3.60. The number of hydrogen-bond acceptors (Lipinski definition) is 5. The maximum atomic E-state index is 12.1. The van der Waals surface area contributed by atoms with Gasteiger partial charge < -0.3 is 14.5 Å². The lowest BCUT2D eigenvalue weighted by Gasteiger charge is -2.28. The molecule has 1 fully saturated rings. The van der Waals surface area contributed by atoms with Gasteiger partial charge in [-0.2, -0.15) is 0 Å². The Hall–Kier alpha value is -2.14. The van der Waals surface area contributed by atoms with Crippen LogP contribution in [0.4, 0.5) is 5.69 Å². The Morgan fingerprint density at radius 3 is 2.88 bits per heavy atom. The minimum absolute atomic E-state index is 0.283. The molecular formula is C19H25N3O2. The van der Waals surface area contributed by atoms with Gasteiger partial charge in [-0.15, -0.1) is 0 Å². The Balaban J connectivity index is 2.04. The van der Waals surface area contributed by atoms with Crippen LogP contribution in [0.3, 0.4) is 0 Å². The number of carbonyl (C=O) groups excluding carboxylic acids is 1. The van der Waals surface area contributed by atoms with Crippen LogP contribution in [-0.4, -0.2) is 55.7 Å². The van der Waals surface area contributed by atoms with Crippen molar-refractivity contribution >= 4 is 22.6 Å².